The number of benzene rings is 1. The molecule has 23 nitrogen and oxygen atoms in total. The molecule has 0 aliphatic carbocycles. The topological polar surface area (TPSA) is 388 Å². The molecule has 0 saturated carbocycles. The Balaban J connectivity index is 1.64. The molecule has 4 rings (SSSR count). The van der Waals surface area contributed by atoms with E-state index in [-0.39, 0.29) is 31.2 Å². The molecule has 3 fully saturated rings. The standard InChI is InChI=1S/C30H45N10O13/c31-14(5-11-1-3-13(44)4-2-11)25(50)38-18(20(45)15-6-34-29(32)37-15)27(52)39-19(26(51)36-12(8-41)9-42)21(46)16-7-35-30(33)40(16)28-24(49)23(48)22(47)17(10-43)53-28/h1-4,12,14-24,28,41,43-49H,5-8,10,31H2,(H2,33,35)(H,36,51)(H,38,50)(H,39,52)(H3,32,34,37)/t12-,14?,15?,16?,17+,18-,19+,20?,21?,22+,23-,24-,28?/m0/s1. The summed E-state index contributed by atoms with van der Waals surface area (Å²) >= 11 is 0. The minimum atomic E-state index is -2.11. The number of aliphatic hydroxyl groups is 7. The summed E-state index contributed by atoms with van der Waals surface area (Å²) in [5, 5.41) is 114. The first kappa shape index (κ1) is 41.0. The zero-order valence-electron chi connectivity index (χ0n) is 28.0. The number of aliphatic hydroxyl groups excluding tert-OH is 7. The van der Waals surface area contributed by atoms with Gasteiger partial charge in [-0.3, -0.25) is 30.0 Å². The van der Waals surface area contributed by atoms with Crippen molar-refractivity contribution in [1.29, 1.82) is 10.8 Å². The number of phenols is 1. The fourth-order valence-electron chi connectivity index (χ4n) is 6.10. The van der Waals surface area contributed by atoms with E-state index < -0.39 is 116 Å². The van der Waals surface area contributed by atoms with Crippen molar-refractivity contribution in [2.24, 2.45) is 5.73 Å². The summed E-state index contributed by atoms with van der Waals surface area (Å²) in [5.74, 6) is -4.26. The van der Waals surface area contributed by atoms with E-state index in [9.17, 15) is 60.0 Å². The van der Waals surface area contributed by atoms with Gasteiger partial charge in [0, 0.05) is 13.1 Å². The molecule has 1 aromatic carbocycles. The normalized spacial score (nSPS) is 29.0. The molecule has 18 N–H and O–H groups in total. The van der Waals surface area contributed by atoms with Crippen LogP contribution in [0.5, 0.6) is 5.75 Å². The van der Waals surface area contributed by atoms with Crippen LogP contribution in [-0.2, 0) is 30.3 Å². The predicted octanol–water partition coefficient (Wildman–Crippen LogP) is -8.96. The van der Waals surface area contributed by atoms with Gasteiger partial charge in [0.1, 0.15) is 60.5 Å². The Labute approximate surface area is 301 Å². The third-order valence-corrected chi connectivity index (χ3v) is 9.08. The summed E-state index contributed by atoms with van der Waals surface area (Å²) in [5.41, 5.74) is 6.63. The minimum absolute atomic E-state index is 0.0338. The van der Waals surface area contributed by atoms with Gasteiger partial charge in [-0.2, -0.15) is 0 Å². The highest BCUT2D eigenvalue weighted by Crippen LogP contribution is 2.28. The molecule has 293 valence electrons. The van der Waals surface area contributed by atoms with Crippen LogP contribution in [0, 0.1) is 10.8 Å². The van der Waals surface area contributed by atoms with Crippen molar-refractivity contribution in [3.63, 3.8) is 0 Å². The number of nitrogens with zero attached hydrogens (tertiary/aromatic N) is 1. The Bertz CT molecular complexity index is 1490. The van der Waals surface area contributed by atoms with Crippen LogP contribution in [0.1, 0.15) is 5.56 Å². The maximum Gasteiger partial charge on any atom is 0.246 e. The van der Waals surface area contributed by atoms with Gasteiger partial charge in [0.05, 0.1) is 31.3 Å². The number of carbonyl (C=O) groups excluding carboxylic acids is 4. The molecule has 1 radical (unpaired) electrons. The molecule has 3 heterocycles. The van der Waals surface area contributed by atoms with E-state index in [0.29, 0.717) is 5.56 Å². The number of aromatic hydroxyl groups is 1. The summed E-state index contributed by atoms with van der Waals surface area (Å²) in [7, 11) is 0. The number of hydrogen-bond donors (Lipinski definition) is 17. The Morgan fingerprint density at radius 1 is 0.925 bits per heavy atom. The van der Waals surface area contributed by atoms with E-state index in [4.69, 9.17) is 21.3 Å². The molecule has 6 unspecified atom stereocenters. The molecule has 3 saturated heterocycles. The maximum absolute atomic E-state index is 14.0. The molecule has 1 aromatic rings. The van der Waals surface area contributed by atoms with Gasteiger partial charge in [0.2, 0.25) is 24.0 Å². The minimum Gasteiger partial charge on any atom is -0.508 e. The van der Waals surface area contributed by atoms with Crippen LogP contribution in [0.3, 0.4) is 0 Å². The maximum atomic E-state index is 14.0. The lowest BCUT2D eigenvalue weighted by atomic mass is 9.95. The molecule has 3 aliphatic heterocycles. The van der Waals surface area contributed by atoms with Crippen molar-refractivity contribution < 1.29 is 64.8 Å². The van der Waals surface area contributed by atoms with Gasteiger partial charge in [0.25, 0.3) is 0 Å². The fraction of sp³-hybridized carbons (Fsp3) is 0.600. The number of nitrogens with two attached hydrogens (primary N) is 1. The molecule has 3 amide bonds. The van der Waals surface area contributed by atoms with Crippen LogP contribution in [-0.4, -0.2) is 187 Å². The zero-order valence-corrected chi connectivity index (χ0v) is 28.0. The van der Waals surface area contributed by atoms with Crippen LogP contribution >= 0.6 is 0 Å². The average Bonchev–Trinajstić information content (AvgIpc) is 3.76. The van der Waals surface area contributed by atoms with Crippen molar-refractivity contribution in [1.82, 2.24) is 36.8 Å². The average molecular weight is 754 g/mol. The molecule has 0 bridgehead atoms. The van der Waals surface area contributed by atoms with Gasteiger partial charge in [-0.1, -0.05) is 12.1 Å². The number of carbonyl (C=O) groups is 3. The second-order valence-electron chi connectivity index (χ2n) is 12.7. The summed E-state index contributed by atoms with van der Waals surface area (Å²) in [6.07, 6.45) is -11.3. The highest BCUT2D eigenvalue weighted by Gasteiger charge is 2.52. The van der Waals surface area contributed by atoms with E-state index in [2.05, 4.69) is 31.9 Å². The second kappa shape index (κ2) is 17.9. The molecule has 0 spiro atoms. The summed E-state index contributed by atoms with van der Waals surface area (Å²) < 4.78 is 5.55. The van der Waals surface area contributed by atoms with Gasteiger partial charge in [0.15, 0.2) is 18.1 Å². The Morgan fingerprint density at radius 2 is 1.55 bits per heavy atom. The van der Waals surface area contributed by atoms with Crippen molar-refractivity contribution in [2.45, 2.75) is 85.5 Å². The lowest BCUT2D eigenvalue weighted by Crippen LogP contribution is -2.69. The Kier molecular flexibility index (Phi) is 13.8. The summed E-state index contributed by atoms with van der Waals surface area (Å²) in [6.45, 7) is -2.20. The van der Waals surface area contributed by atoms with Crippen LogP contribution in [0.4, 0.5) is 0 Å². The summed E-state index contributed by atoms with van der Waals surface area (Å²) in [4.78, 5) is 53.1. The number of ether oxygens (including phenoxy) is 1. The molecule has 53 heavy (non-hydrogen) atoms. The van der Waals surface area contributed by atoms with Gasteiger partial charge >= 0.3 is 0 Å². The molecule has 13 atom stereocenters. The van der Waals surface area contributed by atoms with Crippen LogP contribution in [0.15, 0.2) is 24.3 Å². The zero-order chi connectivity index (χ0) is 39.1. The van der Waals surface area contributed by atoms with Gasteiger partial charge < -0.3 is 88.1 Å². The van der Waals surface area contributed by atoms with Gasteiger partial charge in [-0.05, 0) is 24.1 Å². The molecule has 0 aromatic heterocycles. The Morgan fingerprint density at radius 3 is 2.13 bits per heavy atom. The lowest BCUT2D eigenvalue weighted by molar-refractivity contribution is -0.260. The van der Waals surface area contributed by atoms with Gasteiger partial charge in [-0.15, -0.1) is 0 Å². The number of hydrogen-bond acceptors (Lipinski definition) is 16. The SMILES string of the molecule is N=C1NCC(C(O)[C@H](NC(=O)C(N)Cc2ccc(O)cc2)C(=O)N[C@@H](C(=O)N[C@H]([C]=O)CO)C(O)C2CNC(=N)N2C2O[C@H](CO)[C@@H](O)[C@H](O)[C@@H]2O)N1. The van der Waals surface area contributed by atoms with Crippen molar-refractivity contribution in [3.8, 4) is 5.75 Å². The van der Waals surface area contributed by atoms with Crippen LogP contribution < -0.4 is 37.6 Å². The third-order valence-electron chi connectivity index (χ3n) is 9.08. The first-order valence-electron chi connectivity index (χ1n) is 16.4. The van der Waals surface area contributed by atoms with Gasteiger partial charge in [-0.25, -0.2) is 0 Å². The van der Waals surface area contributed by atoms with Crippen LogP contribution in [0.25, 0.3) is 0 Å². The third kappa shape index (κ3) is 9.45. The quantitative estimate of drug-likeness (QED) is 0.0745. The number of nitrogens with one attached hydrogen (secondary N) is 8. The van der Waals surface area contributed by atoms with E-state index in [1.54, 1.807) is 0 Å². The highest BCUT2D eigenvalue weighted by atomic mass is 16.6. The molecule has 3 aliphatic rings. The first-order chi connectivity index (χ1) is 25.1. The smallest absolute Gasteiger partial charge is 0.246 e. The van der Waals surface area contributed by atoms with Crippen LogP contribution in [0.2, 0.25) is 0 Å². The van der Waals surface area contributed by atoms with Crippen molar-refractivity contribution in [2.75, 3.05) is 26.3 Å². The number of guanidine groups is 2. The van der Waals surface area contributed by atoms with E-state index in [1.165, 1.54) is 30.6 Å². The predicted molar refractivity (Wildman–Crippen MR) is 178 cm³/mol. The molecule has 23 heteroatoms. The second-order valence-corrected chi connectivity index (χ2v) is 12.7. The number of amides is 3. The molecular formula is C30H45N10O13. The first-order valence-corrected chi connectivity index (χ1v) is 16.4. The number of phenolic OH excluding ortho intramolecular Hbond substituents is 1. The lowest BCUT2D eigenvalue weighted by Gasteiger charge is -2.46. The van der Waals surface area contributed by atoms with E-state index >= 15 is 0 Å². The van der Waals surface area contributed by atoms with Crippen molar-refractivity contribution in [3.05, 3.63) is 29.8 Å². The summed E-state index contributed by atoms with van der Waals surface area (Å²) in [6, 6.07) is -3.75. The van der Waals surface area contributed by atoms with E-state index in [0.717, 1.165) is 4.90 Å². The number of rotatable bonds is 16. The monoisotopic (exact) mass is 753 g/mol. The van der Waals surface area contributed by atoms with Crippen molar-refractivity contribution >= 4 is 35.9 Å². The highest BCUT2D eigenvalue weighted by molar-refractivity contribution is 5.95. The largest absolute Gasteiger partial charge is 0.508 e. The Hall–Kier alpha value is -4.72. The molecular weight excluding hydrogens is 708 g/mol. The van der Waals surface area contributed by atoms with E-state index in [1.807, 2.05) is 0 Å². The fourth-order valence-corrected chi connectivity index (χ4v) is 6.10.